The van der Waals surface area contributed by atoms with Crippen molar-refractivity contribution in [3.63, 3.8) is 0 Å². The van der Waals surface area contributed by atoms with Gasteiger partial charge in [-0.1, -0.05) is 10.3 Å². The highest BCUT2D eigenvalue weighted by molar-refractivity contribution is 5.73. The zero-order valence-electron chi connectivity index (χ0n) is 11.9. The van der Waals surface area contributed by atoms with Gasteiger partial charge in [-0.3, -0.25) is 0 Å². The monoisotopic (exact) mass is 291 g/mol. The quantitative estimate of drug-likeness (QED) is 0.870. The lowest BCUT2D eigenvalue weighted by Crippen LogP contribution is -2.39. The molecule has 0 saturated heterocycles. The molecule has 2 N–H and O–H groups in total. The molecule has 8 nitrogen and oxygen atoms in total. The Kier molecular flexibility index (Phi) is 3.59. The molecular weight excluding hydrogens is 274 g/mol. The molecule has 2 heterocycles. The van der Waals surface area contributed by atoms with Crippen LogP contribution in [0.4, 0.5) is 4.79 Å². The van der Waals surface area contributed by atoms with Gasteiger partial charge >= 0.3 is 6.03 Å². The van der Waals surface area contributed by atoms with Crippen molar-refractivity contribution in [1.29, 1.82) is 0 Å². The Labute approximate surface area is 121 Å². The van der Waals surface area contributed by atoms with Crippen LogP contribution in [0.15, 0.2) is 15.1 Å². The summed E-state index contributed by atoms with van der Waals surface area (Å²) >= 11 is 0. The third-order valence-corrected chi connectivity index (χ3v) is 3.03. The van der Waals surface area contributed by atoms with Gasteiger partial charge in [0.05, 0.1) is 6.54 Å². The Morgan fingerprint density at radius 2 is 2.19 bits per heavy atom. The van der Waals surface area contributed by atoms with Crippen LogP contribution >= 0.6 is 0 Å². The number of carbonyl (C=O) groups excluding carboxylic acids is 1. The highest BCUT2D eigenvalue weighted by atomic mass is 16.5. The third-order valence-electron chi connectivity index (χ3n) is 3.03. The molecule has 0 radical (unpaired) electrons. The molecule has 0 spiro atoms. The fraction of sp³-hybridized carbons (Fsp3) is 0.538. The highest BCUT2D eigenvalue weighted by Crippen LogP contribution is 2.40. The van der Waals surface area contributed by atoms with E-state index < -0.39 is 0 Å². The van der Waals surface area contributed by atoms with Gasteiger partial charge < -0.3 is 19.7 Å². The van der Waals surface area contributed by atoms with Crippen LogP contribution < -0.4 is 10.6 Å². The van der Waals surface area contributed by atoms with E-state index >= 15 is 0 Å². The van der Waals surface area contributed by atoms with Crippen LogP contribution in [-0.4, -0.2) is 27.4 Å². The van der Waals surface area contributed by atoms with E-state index in [1.54, 1.807) is 0 Å². The first kappa shape index (κ1) is 13.6. The predicted molar refractivity (Wildman–Crippen MR) is 72.3 cm³/mol. The van der Waals surface area contributed by atoms with Crippen LogP contribution in [0, 0.1) is 0 Å². The molecule has 1 saturated carbocycles. The lowest BCUT2D eigenvalue weighted by atomic mass is 10.3. The average Bonchev–Trinajstić information content (AvgIpc) is 2.99. The van der Waals surface area contributed by atoms with Crippen molar-refractivity contribution in [1.82, 2.24) is 25.9 Å². The minimum atomic E-state index is -0.276. The second-order valence-corrected chi connectivity index (χ2v) is 5.38. The summed E-state index contributed by atoms with van der Waals surface area (Å²) < 4.78 is 10.3. The molecule has 0 unspecified atom stereocenters. The zero-order chi connectivity index (χ0) is 14.8. The highest BCUT2D eigenvalue weighted by Gasteiger charge is 2.28. The molecule has 112 valence electrons. The summed E-state index contributed by atoms with van der Waals surface area (Å²) in [7, 11) is 0. The number of carbonyl (C=O) groups is 1. The normalized spacial score (nSPS) is 14.4. The van der Waals surface area contributed by atoms with Crippen molar-refractivity contribution in [2.24, 2.45) is 0 Å². The molecule has 3 rings (SSSR count). The molecule has 1 aliphatic rings. The molecule has 0 atom stereocenters. The minimum Gasteiger partial charge on any atom is -0.360 e. The summed E-state index contributed by atoms with van der Waals surface area (Å²) in [6.45, 7) is 3.93. The van der Waals surface area contributed by atoms with E-state index in [9.17, 15) is 4.79 Å². The Hall–Kier alpha value is -2.38. The topological polar surface area (TPSA) is 106 Å². The number of amides is 2. The van der Waals surface area contributed by atoms with Crippen molar-refractivity contribution in [2.75, 3.05) is 0 Å². The van der Waals surface area contributed by atoms with Crippen LogP contribution in [0.1, 0.15) is 44.3 Å². The number of urea groups is 1. The molecule has 2 aromatic heterocycles. The second-order valence-electron chi connectivity index (χ2n) is 5.38. The molecule has 0 aromatic carbocycles. The summed E-state index contributed by atoms with van der Waals surface area (Å²) in [6.07, 6.45) is 2.28. The van der Waals surface area contributed by atoms with Gasteiger partial charge in [-0.2, -0.15) is 4.98 Å². The number of aromatic nitrogens is 3. The van der Waals surface area contributed by atoms with Gasteiger partial charge in [0.25, 0.3) is 0 Å². The first-order valence-corrected chi connectivity index (χ1v) is 6.95. The van der Waals surface area contributed by atoms with E-state index in [2.05, 4.69) is 25.9 Å². The maximum atomic E-state index is 11.4. The van der Waals surface area contributed by atoms with Gasteiger partial charge in [0.15, 0.2) is 5.69 Å². The van der Waals surface area contributed by atoms with Gasteiger partial charge in [0.1, 0.15) is 5.76 Å². The number of hydrogen-bond acceptors (Lipinski definition) is 6. The standard InChI is InChI=1S/C13H17N5O3/c1-7(2)15-13(19)14-6-11-16-12(18-21-11)9-5-10(20-17-9)8-3-4-8/h5,7-8H,3-4,6H2,1-2H3,(H2,14,15,19). The average molecular weight is 291 g/mol. The smallest absolute Gasteiger partial charge is 0.315 e. The van der Waals surface area contributed by atoms with Crippen LogP contribution in [0.25, 0.3) is 11.5 Å². The molecule has 2 amide bonds. The van der Waals surface area contributed by atoms with Crippen molar-refractivity contribution in [2.45, 2.75) is 45.2 Å². The lowest BCUT2D eigenvalue weighted by molar-refractivity contribution is 0.236. The summed E-state index contributed by atoms with van der Waals surface area (Å²) in [4.78, 5) is 15.6. The van der Waals surface area contributed by atoms with Crippen molar-refractivity contribution in [3.8, 4) is 11.5 Å². The first-order valence-electron chi connectivity index (χ1n) is 6.95. The maximum Gasteiger partial charge on any atom is 0.315 e. The van der Waals surface area contributed by atoms with Crippen LogP contribution in [0.3, 0.4) is 0 Å². The number of nitrogens with zero attached hydrogens (tertiary/aromatic N) is 3. The molecule has 8 heteroatoms. The summed E-state index contributed by atoms with van der Waals surface area (Å²) in [5.74, 6) is 2.04. The second kappa shape index (κ2) is 5.55. The van der Waals surface area contributed by atoms with Gasteiger partial charge in [-0.15, -0.1) is 0 Å². The van der Waals surface area contributed by atoms with Crippen LogP contribution in [-0.2, 0) is 6.54 Å². The third kappa shape index (κ3) is 3.39. The molecular formula is C13H17N5O3. The van der Waals surface area contributed by atoms with E-state index in [0.29, 0.717) is 23.3 Å². The maximum absolute atomic E-state index is 11.4. The molecule has 1 aliphatic carbocycles. The Bertz CT molecular complexity index is 629. The van der Waals surface area contributed by atoms with E-state index in [4.69, 9.17) is 9.05 Å². The van der Waals surface area contributed by atoms with Gasteiger partial charge in [0.2, 0.25) is 11.7 Å². The Balaban J connectivity index is 1.58. The van der Waals surface area contributed by atoms with Crippen LogP contribution in [0.2, 0.25) is 0 Å². The van der Waals surface area contributed by atoms with Gasteiger partial charge in [0, 0.05) is 18.0 Å². The summed E-state index contributed by atoms with van der Waals surface area (Å²) in [5.41, 5.74) is 0.554. The Morgan fingerprint density at radius 1 is 1.38 bits per heavy atom. The van der Waals surface area contributed by atoms with E-state index in [-0.39, 0.29) is 18.6 Å². The molecule has 1 fully saturated rings. The molecule has 0 bridgehead atoms. The molecule has 2 aromatic rings. The number of rotatable bonds is 5. The first-order chi connectivity index (χ1) is 10.1. The number of nitrogens with one attached hydrogen (secondary N) is 2. The predicted octanol–water partition coefficient (Wildman–Crippen LogP) is 1.81. The van der Waals surface area contributed by atoms with E-state index in [1.807, 2.05) is 19.9 Å². The fourth-order valence-electron chi connectivity index (χ4n) is 1.85. The van der Waals surface area contributed by atoms with E-state index in [0.717, 1.165) is 18.6 Å². The van der Waals surface area contributed by atoms with Gasteiger partial charge in [-0.05, 0) is 26.7 Å². The summed E-state index contributed by atoms with van der Waals surface area (Å²) in [6, 6.07) is 1.63. The minimum absolute atomic E-state index is 0.0687. The van der Waals surface area contributed by atoms with E-state index in [1.165, 1.54) is 0 Å². The number of hydrogen-bond donors (Lipinski definition) is 2. The van der Waals surface area contributed by atoms with Crippen molar-refractivity contribution < 1.29 is 13.8 Å². The SMILES string of the molecule is CC(C)NC(=O)NCc1nc(-c2cc(C3CC3)on2)no1. The van der Waals surface area contributed by atoms with Crippen molar-refractivity contribution in [3.05, 3.63) is 17.7 Å². The molecule has 0 aliphatic heterocycles. The summed E-state index contributed by atoms with van der Waals surface area (Å²) in [5, 5.41) is 13.1. The van der Waals surface area contributed by atoms with Crippen LogP contribution in [0.5, 0.6) is 0 Å². The lowest BCUT2D eigenvalue weighted by Gasteiger charge is -2.07. The zero-order valence-corrected chi connectivity index (χ0v) is 11.9. The Morgan fingerprint density at radius 3 is 2.90 bits per heavy atom. The largest absolute Gasteiger partial charge is 0.360 e. The fourth-order valence-corrected chi connectivity index (χ4v) is 1.85. The molecule has 21 heavy (non-hydrogen) atoms. The van der Waals surface area contributed by atoms with Crippen molar-refractivity contribution >= 4 is 6.03 Å². The van der Waals surface area contributed by atoms with Gasteiger partial charge in [-0.25, -0.2) is 4.79 Å².